The second kappa shape index (κ2) is 4.57. The zero-order valence-corrected chi connectivity index (χ0v) is 9.06. The second-order valence-corrected chi connectivity index (χ2v) is 4.67. The molecule has 0 spiro atoms. The van der Waals surface area contributed by atoms with Gasteiger partial charge in [-0.15, -0.1) is 0 Å². The molecule has 1 rings (SSSR count). The van der Waals surface area contributed by atoms with Gasteiger partial charge >= 0.3 is 5.97 Å². The Morgan fingerprint density at radius 2 is 2.21 bits per heavy atom. The van der Waals surface area contributed by atoms with E-state index in [0.29, 0.717) is 5.75 Å². The number of halogens is 1. The molecule has 0 amide bonds. The quantitative estimate of drug-likeness (QED) is 0.869. The Morgan fingerprint density at radius 3 is 2.71 bits per heavy atom. The van der Waals surface area contributed by atoms with E-state index in [1.165, 1.54) is 12.1 Å². The molecule has 0 heterocycles. The maximum Gasteiger partial charge on any atom is 0.338 e. The van der Waals surface area contributed by atoms with Crippen LogP contribution in [-0.4, -0.2) is 21.0 Å². The van der Waals surface area contributed by atoms with Crippen LogP contribution < -0.4 is 0 Å². The highest BCUT2D eigenvalue weighted by Gasteiger charge is 2.17. The van der Waals surface area contributed by atoms with E-state index in [1.54, 1.807) is 13.0 Å². The zero-order valence-electron chi connectivity index (χ0n) is 7.49. The largest absolute Gasteiger partial charge is 0.478 e. The van der Waals surface area contributed by atoms with Crippen molar-refractivity contribution in [2.75, 3.05) is 5.75 Å². The number of hydrogen-bond acceptors (Lipinski definition) is 2. The number of carboxylic acids is 1. The zero-order chi connectivity index (χ0) is 10.7. The van der Waals surface area contributed by atoms with Crippen LogP contribution in [0.2, 0.25) is 5.02 Å². The molecule has 0 unspecified atom stereocenters. The summed E-state index contributed by atoms with van der Waals surface area (Å²) in [7, 11) is -1.30. The van der Waals surface area contributed by atoms with Crippen molar-refractivity contribution in [3.63, 3.8) is 0 Å². The number of carboxylic acid groups (broad SMARTS) is 1. The third kappa shape index (κ3) is 2.13. The molecule has 0 aliphatic heterocycles. The van der Waals surface area contributed by atoms with Gasteiger partial charge in [0.1, 0.15) is 0 Å². The molecule has 0 saturated carbocycles. The smallest absolute Gasteiger partial charge is 0.338 e. The predicted molar refractivity (Wildman–Crippen MR) is 55.4 cm³/mol. The Balaban J connectivity index is 3.35. The lowest BCUT2D eigenvalue weighted by Crippen LogP contribution is -2.06. The fraction of sp³-hybridized carbons (Fsp3) is 0.222. The van der Waals surface area contributed by atoms with Gasteiger partial charge in [0.15, 0.2) is 0 Å². The van der Waals surface area contributed by atoms with Crippen LogP contribution in [0.5, 0.6) is 0 Å². The summed E-state index contributed by atoms with van der Waals surface area (Å²) in [6, 6.07) is 4.59. The fourth-order valence-corrected chi connectivity index (χ4v) is 2.33. The average molecular weight is 233 g/mol. The van der Waals surface area contributed by atoms with Crippen LogP contribution in [0.25, 0.3) is 0 Å². The summed E-state index contributed by atoms with van der Waals surface area (Å²) in [6.45, 7) is 1.72. The molecule has 0 bridgehead atoms. The molecule has 0 fully saturated rings. The van der Waals surface area contributed by atoms with Gasteiger partial charge in [0, 0.05) is 5.75 Å². The number of carbonyl (C=O) groups is 1. The number of hydrogen-bond donors (Lipinski definition) is 1. The molecule has 0 radical (unpaired) electrons. The van der Waals surface area contributed by atoms with Crippen molar-refractivity contribution in [2.45, 2.75) is 11.8 Å². The van der Waals surface area contributed by atoms with Gasteiger partial charge in [0.2, 0.25) is 0 Å². The van der Waals surface area contributed by atoms with Gasteiger partial charge in [-0.1, -0.05) is 24.6 Å². The van der Waals surface area contributed by atoms with Gasteiger partial charge in [0.05, 0.1) is 26.3 Å². The van der Waals surface area contributed by atoms with Gasteiger partial charge in [-0.05, 0) is 12.1 Å². The lowest BCUT2D eigenvalue weighted by Gasteiger charge is -2.05. The topological polar surface area (TPSA) is 54.4 Å². The van der Waals surface area contributed by atoms with Gasteiger partial charge in [-0.3, -0.25) is 4.21 Å². The highest BCUT2D eigenvalue weighted by Crippen LogP contribution is 2.22. The molecule has 1 N–H and O–H groups in total. The average Bonchev–Trinajstić information content (AvgIpc) is 2.15. The highest BCUT2D eigenvalue weighted by atomic mass is 35.5. The first kappa shape index (κ1) is 11.2. The number of benzene rings is 1. The second-order valence-electron chi connectivity index (χ2n) is 2.55. The Morgan fingerprint density at radius 1 is 1.57 bits per heavy atom. The Labute approximate surface area is 89.2 Å². The molecule has 0 saturated heterocycles. The summed E-state index contributed by atoms with van der Waals surface area (Å²) >= 11 is 5.71. The third-order valence-electron chi connectivity index (χ3n) is 1.70. The molecule has 14 heavy (non-hydrogen) atoms. The van der Waals surface area contributed by atoms with Crippen LogP contribution in [0.1, 0.15) is 17.3 Å². The molecule has 76 valence electrons. The first-order valence-corrected chi connectivity index (χ1v) is 5.67. The van der Waals surface area contributed by atoms with Crippen LogP contribution in [0.3, 0.4) is 0 Å². The monoisotopic (exact) mass is 232 g/mol. The van der Waals surface area contributed by atoms with Gasteiger partial charge in [-0.2, -0.15) is 0 Å². The van der Waals surface area contributed by atoms with Gasteiger partial charge < -0.3 is 5.11 Å². The summed E-state index contributed by atoms with van der Waals surface area (Å²) < 4.78 is 11.5. The van der Waals surface area contributed by atoms with Crippen LogP contribution in [0.4, 0.5) is 0 Å². The summed E-state index contributed by atoms with van der Waals surface area (Å²) in [4.78, 5) is 11.1. The molecular weight excluding hydrogens is 224 g/mol. The Kier molecular flexibility index (Phi) is 3.66. The van der Waals surface area contributed by atoms with Crippen molar-refractivity contribution < 1.29 is 14.1 Å². The van der Waals surface area contributed by atoms with E-state index in [-0.39, 0.29) is 15.5 Å². The van der Waals surface area contributed by atoms with Crippen LogP contribution in [0.15, 0.2) is 23.1 Å². The fourth-order valence-electron chi connectivity index (χ4n) is 1.06. The van der Waals surface area contributed by atoms with E-state index in [1.807, 2.05) is 0 Å². The van der Waals surface area contributed by atoms with E-state index in [9.17, 15) is 9.00 Å². The van der Waals surface area contributed by atoms with E-state index >= 15 is 0 Å². The Bertz CT molecular complexity index is 390. The summed E-state index contributed by atoms with van der Waals surface area (Å²) in [6.07, 6.45) is 0. The lowest BCUT2D eigenvalue weighted by atomic mass is 10.2. The van der Waals surface area contributed by atoms with Gasteiger partial charge in [0.25, 0.3) is 0 Å². The lowest BCUT2D eigenvalue weighted by molar-refractivity contribution is 0.0693. The van der Waals surface area contributed by atoms with Crippen molar-refractivity contribution >= 4 is 28.4 Å². The van der Waals surface area contributed by atoms with Crippen LogP contribution in [0, 0.1) is 0 Å². The van der Waals surface area contributed by atoms with E-state index in [2.05, 4.69) is 0 Å². The minimum Gasteiger partial charge on any atom is -0.478 e. The molecular formula is C9H9ClO3S. The maximum atomic E-state index is 11.5. The third-order valence-corrected chi connectivity index (χ3v) is 3.37. The molecule has 5 heteroatoms. The van der Waals surface area contributed by atoms with Crippen molar-refractivity contribution in [2.24, 2.45) is 0 Å². The van der Waals surface area contributed by atoms with E-state index < -0.39 is 16.8 Å². The van der Waals surface area contributed by atoms with Crippen molar-refractivity contribution in [1.82, 2.24) is 0 Å². The van der Waals surface area contributed by atoms with Crippen molar-refractivity contribution in [3.8, 4) is 0 Å². The normalized spacial score (nSPS) is 12.4. The molecule has 3 nitrogen and oxygen atoms in total. The van der Waals surface area contributed by atoms with Crippen LogP contribution in [-0.2, 0) is 10.8 Å². The first-order valence-electron chi connectivity index (χ1n) is 3.98. The van der Waals surface area contributed by atoms with Crippen molar-refractivity contribution in [3.05, 3.63) is 28.8 Å². The molecule has 1 aromatic rings. The minimum atomic E-state index is -1.30. The van der Waals surface area contributed by atoms with Crippen molar-refractivity contribution in [1.29, 1.82) is 0 Å². The SMILES string of the molecule is CC[S@@](=O)c1cccc(Cl)c1C(=O)O. The predicted octanol–water partition coefficient (Wildman–Crippen LogP) is 2.17. The Hall–Kier alpha value is -0.870. The minimum absolute atomic E-state index is 0.0608. The summed E-state index contributed by atoms with van der Waals surface area (Å²) in [5.74, 6) is -0.770. The molecule has 0 aliphatic carbocycles. The number of aromatic carboxylic acids is 1. The van der Waals surface area contributed by atoms with E-state index in [0.717, 1.165) is 0 Å². The summed E-state index contributed by atoms with van der Waals surface area (Å²) in [5, 5.41) is 8.99. The highest BCUT2D eigenvalue weighted by molar-refractivity contribution is 7.85. The summed E-state index contributed by atoms with van der Waals surface area (Å²) in [5.41, 5.74) is -0.0608. The molecule has 0 aromatic heterocycles. The van der Waals surface area contributed by atoms with E-state index in [4.69, 9.17) is 16.7 Å². The first-order chi connectivity index (χ1) is 6.57. The van der Waals surface area contributed by atoms with Gasteiger partial charge in [-0.25, -0.2) is 4.79 Å². The maximum absolute atomic E-state index is 11.5. The number of rotatable bonds is 3. The molecule has 1 atom stereocenters. The molecule has 1 aromatic carbocycles. The molecule has 0 aliphatic rings. The van der Waals surface area contributed by atoms with Crippen LogP contribution >= 0.6 is 11.6 Å². The standard InChI is InChI=1S/C9H9ClO3S/c1-2-14(13)7-5-3-4-6(10)8(7)9(11)12/h3-5H,2H2,1H3,(H,11,12)/t14-/m1/s1.